The van der Waals surface area contributed by atoms with E-state index in [0.717, 1.165) is 24.5 Å². The number of nitrogens with two attached hydrogens (primary N) is 1. The van der Waals surface area contributed by atoms with Crippen LogP contribution < -0.4 is 11.1 Å². The molecule has 1 heterocycles. The van der Waals surface area contributed by atoms with Crippen molar-refractivity contribution in [1.82, 2.24) is 4.90 Å². The zero-order chi connectivity index (χ0) is 14.9. The van der Waals surface area contributed by atoms with Crippen LogP contribution in [0.5, 0.6) is 0 Å². The summed E-state index contributed by atoms with van der Waals surface area (Å²) in [4.78, 5) is 2.47. The van der Waals surface area contributed by atoms with Crippen molar-refractivity contribution >= 4 is 23.0 Å². The van der Waals surface area contributed by atoms with Crippen LogP contribution in [0.1, 0.15) is 39.3 Å². The van der Waals surface area contributed by atoms with Crippen molar-refractivity contribution in [3.63, 3.8) is 0 Å². The topological polar surface area (TPSA) is 41.3 Å². The first kappa shape index (κ1) is 15.2. The van der Waals surface area contributed by atoms with Crippen LogP contribution in [0.15, 0.2) is 23.8 Å². The van der Waals surface area contributed by atoms with Crippen LogP contribution >= 0.6 is 11.6 Å². The van der Waals surface area contributed by atoms with Gasteiger partial charge in [0.25, 0.3) is 0 Å². The van der Waals surface area contributed by atoms with Gasteiger partial charge in [-0.25, -0.2) is 0 Å². The van der Waals surface area contributed by atoms with Crippen molar-refractivity contribution in [2.24, 2.45) is 0 Å². The molecule has 1 aliphatic heterocycles. The van der Waals surface area contributed by atoms with Gasteiger partial charge in [0.05, 0.1) is 11.4 Å². The van der Waals surface area contributed by atoms with Gasteiger partial charge in [-0.15, -0.1) is 0 Å². The molecule has 0 spiro atoms. The second-order valence-corrected chi connectivity index (χ2v) is 6.28. The van der Waals surface area contributed by atoms with Gasteiger partial charge in [0.15, 0.2) is 0 Å². The van der Waals surface area contributed by atoms with E-state index in [1.807, 2.05) is 12.1 Å². The molecule has 0 aromatic heterocycles. The molecule has 0 saturated heterocycles. The molecule has 1 aliphatic rings. The number of nitrogen functional groups attached to an aromatic ring is 1. The van der Waals surface area contributed by atoms with Crippen molar-refractivity contribution < 1.29 is 0 Å². The fraction of sp³-hybridized carbons (Fsp3) is 0.500. The molecule has 0 saturated carbocycles. The zero-order valence-electron chi connectivity index (χ0n) is 12.7. The van der Waals surface area contributed by atoms with Crippen molar-refractivity contribution in [1.29, 1.82) is 0 Å². The normalized spacial score (nSPS) is 22.6. The van der Waals surface area contributed by atoms with E-state index in [0.29, 0.717) is 11.1 Å². The molecular weight excluding hydrogens is 270 g/mol. The molecule has 2 atom stereocenters. The first-order chi connectivity index (χ1) is 9.40. The standard InChI is InChI=1S/C16H24ClN3/c1-10(2)5-6-20-11(3)9-19-16-14(12(20)4)7-13(17)8-15(16)18/h5,7-8,11-12,19H,6,9,18H2,1-4H3/t11-,12?/m0/s1. The Morgan fingerprint density at radius 1 is 1.45 bits per heavy atom. The average Bonchev–Trinajstić information content (AvgIpc) is 2.46. The fourth-order valence-corrected chi connectivity index (χ4v) is 2.97. The summed E-state index contributed by atoms with van der Waals surface area (Å²) < 4.78 is 0. The summed E-state index contributed by atoms with van der Waals surface area (Å²) in [7, 11) is 0. The Kier molecular flexibility index (Phi) is 4.61. The lowest BCUT2D eigenvalue weighted by Gasteiger charge is -2.31. The first-order valence-corrected chi connectivity index (χ1v) is 7.50. The Bertz CT molecular complexity index is 521. The molecule has 0 amide bonds. The smallest absolute Gasteiger partial charge is 0.0623 e. The summed E-state index contributed by atoms with van der Waals surface area (Å²) in [5.41, 5.74) is 10.4. The lowest BCUT2D eigenvalue weighted by Crippen LogP contribution is -2.37. The van der Waals surface area contributed by atoms with E-state index >= 15 is 0 Å². The Hall–Kier alpha value is -1.19. The van der Waals surface area contributed by atoms with Crippen molar-refractivity contribution in [2.45, 2.75) is 39.8 Å². The highest BCUT2D eigenvalue weighted by Crippen LogP contribution is 2.37. The van der Waals surface area contributed by atoms with Crippen LogP contribution in [0.25, 0.3) is 0 Å². The Morgan fingerprint density at radius 2 is 2.15 bits per heavy atom. The maximum atomic E-state index is 6.17. The lowest BCUT2D eigenvalue weighted by atomic mass is 10.0. The predicted molar refractivity (Wildman–Crippen MR) is 88.4 cm³/mol. The quantitative estimate of drug-likeness (QED) is 0.638. The van der Waals surface area contributed by atoms with Crippen LogP contribution in [0.2, 0.25) is 5.02 Å². The number of fused-ring (bicyclic) bond motifs is 1. The third-order valence-electron chi connectivity index (χ3n) is 3.96. The third kappa shape index (κ3) is 3.10. The van der Waals surface area contributed by atoms with Crippen LogP contribution in [0.3, 0.4) is 0 Å². The van der Waals surface area contributed by atoms with Gasteiger partial charge in [-0.3, -0.25) is 4.90 Å². The van der Waals surface area contributed by atoms with Crippen LogP contribution in [0, 0.1) is 0 Å². The molecule has 4 heteroatoms. The number of hydrogen-bond acceptors (Lipinski definition) is 3. The molecular formula is C16H24ClN3. The molecule has 1 aromatic rings. The number of benzene rings is 1. The number of nitrogens with zero attached hydrogens (tertiary/aromatic N) is 1. The molecule has 0 fully saturated rings. The van der Waals surface area contributed by atoms with E-state index in [1.54, 1.807) is 0 Å². The number of rotatable bonds is 2. The summed E-state index contributed by atoms with van der Waals surface area (Å²) in [6.45, 7) is 10.6. The number of anilines is 2. The van der Waals surface area contributed by atoms with Gasteiger partial charge < -0.3 is 11.1 Å². The second kappa shape index (κ2) is 6.06. The van der Waals surface area contributed by atoms with E-state index in [9.17, 15) is 0 Å². The summed E-state index contributed by atoms with van der Waals surface area (Å²) >= 11 is 6.17. The van der Waals surface area contributed by atoms with Crippen molar-refractivity contribution in [3.8, 4) is 0 Å². The van der Waals surface area contributed by atoms with E-state index in [4.69, 9.17) is 17.3 Å². The second-order valence-electron chi connectivity index (χ2n) is 5.84. The highest BCUT2D eigenvalue weighted by Gasteiger charge is 2.27. The van der Waals surface area contributed by atoms with Crippen LogP contribution in [-0.2, 0) is 0 Å². The average molecular weight is 294 g/mol. The Balaban J connectivity index is 2.39. The number of halogens is 1. The number of hydrogen-bond donors (Lipinski definition) is 2. The molecule has 0 aliphatic carbocycles. The highest BCUT2D eigenvalue weighted by atomic mass is 35.5. The molecule has 1 unspecified atom stereocenters. The maximum Gasteiger partial charge on any atom is 0.0623 e. The van der Waals surface area contributed by atoms with Gasteiger partial charge in [0, 0.05) is 30.2 Å². The van der Waals surface area contributed by atoms with Crippen molar-refractivity contribution in [3.05, 3.63) is 34.4 Å². The summed E-state index contributed by atoms with van der Waals surface area (Å²) in [6, 6.07) is 4.56. The van der Waals surface area contributed by atoms with E-state index < -0.39 is 0 Å². The summed E-state index contributed by atoms with van der Waals surface area (Å²) in [5, 5.41) is 4.17. The van der Waals surface area contributed by atoms with Crippen LogP contribution in [-0.4, -0.2) is 24.0 Å². The molecule has 20 heavy (non-hydrogen) atoms. The van der Waals surface area contributed by atoms with Gasteiger partial charge >= 0.3 is 0 Å². The number of nitrogens with one attached hydrogen (secondary N) is 1. The molecule has 0 radical (unpaired) electrons. The van der Waals surface area contributed by atoms with Gasteiger partial charge in [-0.05, 0) is 45.4 Å². The van der Waals surface area contributed by atoms with E-state index in [1.165, 1.54) is 11.1 Å². The van der Waals surface area contributed by atoms with Gasteiger partial charge in [0.2, 0.25) is 0 Å². The summed E-state index contributed by atoms with van der Waals surface area (Å²) in [6.07, 6.45) is 2.27. The molecule has 110 valence electrons. The van der Waals surface area contributed by atoms with E-state index in [-0.39, 0.29) is 6.04 Å². The molecule has 1 aromatic carbocycles. The Labute approximate surface area is 126 Å². The minimum Gasteiger partial charge on any atom is -0.397 e. The largest absolute Gasteiger partial charge is 0.397 e. The third-order valence-corrected chi connectivity index (χ3v) is 4.18. The predicted octanol–water partition coefficient (Wildman–Crippen LogP) is 4.07. The van der Waals surface area contributed by atoms with Gasteiger partial charge in [0.1, 0.15) is 0 Å². The SMILES string of the molecule is CC(C)=CCN1C(C)c2cc(Cl)cc(N)c2NC[C@@H]1C. The molecule has 0 bridgehead atoms. The monoisotopic (exact) mass is 293 g/mol. The van der Waals surface area contributed by atoms with Gasteiger partial charge in [-0.1, -0.05) is 23.3 Å². The molecule has 3 N–H and O–H groups in total. The Morgan fingerprint density at radius 3 is 2.80 bits per heavy atom. The first-order valence-electron chi connectivity index (χ1n) is 7.12. The lowest BCUT2D eigenvalue weighted by molar-refractivity contribution is 0.185. The van der Waals surface area contributed by atoms with Gasteiger partial charge in [-0.2, -0.15) is 0 Å². The zero-order valence-corrected chi connectivity index (χ0v) is 13.5. The minimum absolute atomic E-state index is 0.284. The maximum absolute atomic E-state index is 6.17. The van der Waals surface area contributed by atoms with E-state index in [2.05, 4.69) is 44.0 Å². The highest BCUT2D eigenvalue weighted by molar-refractivity contribution is 6.31. The van der Waals surface area contributed by atoms with Crippen molar-refractivity contribution in [2.75, 3.05) is 24.1 Å². The minimum atomic E-state index is 0.284. The molecule has 3 nitrogen and oxygen atoms in total. The fourth-order valence-electron chi connectivity index (χ4n) is 2.74. The summed E-state index contributed by atoms with van der Waals surface area (Å²) in [5.74, 6) is 0. The number of allylic oxidation sites excluding steroid dienone is 1. The van der Waals surface area contributed by atoms with Crippen LogP contribution in [0.4, 0.5) is 11.4 Å². The molecule has 2 rings (SSSR count).